The van der Waals surface area contributed by atoms with Gasteiger partial charge in [-0.25, -0.2) is 15.0 Å². The zero-order chi connectivity index (χ0) is 21.5. The number of pyridine rings is 1. The quantitative estimate of drug-likeness (QED) is 0.628. The van der Waals surface area contributed by atoms with Crippen LogP contribution in [0, 0.1) is 6.92 Å². The predicted octanol–water partition coefficient (Wildman–Crippen LogP) is 3.33. The van der Waals surface area contributed by atoms with Crippen LogP contribution in [0.3, 0.4) is 0 Å². The topological polar surface area (TPSA) is 92.3 Å². The molecule has 0 aromatic carbocycles. The van der Waals surface area contributed by atoms with Crippen LogP contribution < -0.4 is 20.3 Å². The van der Waals surface area contributed by atoms with Crippen LogP contribution in [-0.4, -0.2) is 53.1 Å². The van der Waals surface area contributed by atoms with Gasteiger partial charge >= 0.3 is 0 Å². The molecular formula is C23H32N6O2. The summed E-state index contributed by atoms with van der Waals surface area (Å²) in [6, 6.07) is 5.53. The Kier molecular flexibility index (Phi) is 7.17. The maximum atomic E-state index is 12.4. The standard InChI is InChI=1S/C23H32N6O2/c1-17-27-20(15-21(28-17)29-13-5-2-6-14-29)24-11-12-25-23(30)18-9-10-22(26-16-18)31-19-7-3-4-8-19/h9-10,15-16,19H,2-8,11-14H2,1H3,(H,25,30)(H,24,27,28). The Morgan fingerprint density at radius 2 is 1.90 bits per heavy atom. The van der Waals surface area contributed by atoms with E-state index in [1.807, 2.05) is 13.0 Å². The molecule has 31 heavy (non-hydrogen) atoms. The molecule has 8 heteroatoms. The predicted molar refractivity (Wildman–Crippen MR) is 121 cm³/mol. The Morgan fingerprint density at radius 3 is 2.65 bits per heavy atom. The van der Waals surface area contributed by atoms with Crippen molar-refractivity contribution in [3.63, 3.8) is 0 Å². The van der Waals surface area contributed by atoms with Gasteiger partial charge in [0.15, 0.2) is 0 Å². The third-order valence-corrected chi connectivity index (χ3v) is 5.81. The number of nitrogens with one attached hydrogen (secondary N) is 2. The molecule has 1 saturated carbocycles. The summed E-state index contributed by atoms with van der Waals surface area (Å²) in [6.45, 7) is 5.07. The van der Waals surface area contributed by atoms with Crippen molar-refractivity contribution in [1.29, 1.82) is 0 Å². The largest absolute Gasteiger partial charge is 0.474 e. The number of nitrogens with zero attached hydrogens (tertiary/aromatic N) is 4. The van der Waals surface area contributed by atoms with Crippen molar-refractivity contribution in [2.45, 2.75) is 58.0 Å². The molecule has 0 bridgehead atoms. The molecule has 1 amide bonds. The second kappa shape index (κ2) is 10.4. The van der Waals surface area contributed by atoms with Gasteiger partial charge in [-0.3, -0.25) is 4.79 Å². The molecule has 4 rings (SSSR count). The maximum Gasteiger partial charge on any atom is 0.252 e. The highest BCUT2D eigenvalue weighted by molar-refractivity contribution is 5.93. The van der Waals surface area contributed by atoms with Gasteiger partial charge in [0.1, 0.15) is 23.6 Å². The number of piperidine rings is 1. The zero-order valence-electron chi connectivity index (χ0n) is 18.3. The van der Waals surface area contributed by atoms with E-state index in [2.05, 4.69) is 30.5 Å². The number of aryl methyl sites for hydroxylation is 1. The van der Waals surface area contributed by atoms with Crippen LogP contribution in [0.2, 0.25) is 0 Å². The highest BCUT2D eigenvalue weighted by Crippen LogP contribution is 2.23. The minimum atomic E-state index is -0.144. The molecular weight excluding hydrogens is 392 g/mol. The number of rotatable bonds is 8. The minimum Gasteiger partial charge on any atom is -0.474 e. The van der Waals surface area contributed by atoms with Crippen molar-refractivity contribution >= 4 is 17.5 Å². The van der Waals surface area contributed by atoms with Crippen molar-refractivity contribution in [2.75, 3.05) is 36.4 Å². The first-order valence-electron chi connectivity index (χ1n) is 11.4. The zero-order valence-corrected chi connectivity index (χ0v) is 18.3. The number of amides is 1. The molecule has 2 aromatic rings. The summed E-state index contributed by atoms with van der Waals surface area (Å²) >= 11 is 0. The Bertz CT molecular complexity index is 861. The number of anilines is 2. The summed E-state index contributed by atoms with van der Waals surface area (Å²) in [5, 5.41) is 6.21. The molecule has 8 nitrogen and oxygen atoms in total. The molecule has 1 aliphatic heterocycles. The van der Waals surface area contributed by atoms with Gasteiger partial charge in [-0.05, 0) is 57.9 Å². The SMILES string of the molecule is Cc1nc(NCCNC(=O)c2ccc(OC3CCCC3)nc2)cc(N2CCCCC2)n1. The Labute approximate surface area is 183 Å². The summed E-state index contributed by atoms with van der Waals surface area (Å²) in [6.07, 6.45) is 10.1. The van der Waals surface area contributed by atoms with Gasteiger partial charge in [-0.15, -0.1) is 0 Å². The summed E-state index contributed by atoms with van der Waals surface area (Å²) < 4.78 is 5.85. The lowest BCUT2D eigenvalue weighted by Gasteiger charge is -2.28. The summed E-state index contributed by atoms with van der Waals surface area (Å²) in [5.74, 6) is 2.96. The van der Waals surface area contributed by atoms with Gasteiger partial charge in [-0.2, -0.15) is 0 Å². The Balaban J connectivity index is 1.23. The molecule has 2 aromatic heterocycles. The van der Waals surface area contributed by atoms with E-state index in [1.54, 1.807) is 18.3 Å². The summed E-state index contributed by atoms with van der Waals surface area (Å²) in [4.78, 5) is 28.0. The van der Waals surface area contributed by atoms with E-state index < -0.39 is 0 Å². The van der Waals surface area contributed by atoms with Crippen LogP contribution >= 0.6 is 0 Å². The summed E-state index contributed by atoms with van der Waals surface area (Å²) in [5.41, 5.74) is 0.532. The van der Waals surface area contributed by atoms with Gasteiger partial charge in [0, 0.05) is 44.5 Å². The highest BCUT2D eigenvalue weighted by atomic mass is 16.5. The van der Waals surface area contributed by atoms with E-state index in [4.69, 9.17) is 4.74 Å². The van der Waals surface area contributed by atoms with Crippen molar-refractivity contribution in [3.05, 3.63) is 35.8 Å². The smallest absolute Gasteiger partial charge is 0.252 e. The number of hydrogen-bond donors (Lipinski definition) is 2. The molecule has 1 aliphatic carbocycles. The third-order valence-electron chi connectivity index (χ3n) is 5.81. The van der Waals surface area contributed by atoms with Crippen molar-refractivity contribution in [1.82, 2.24) is 20.3 Å². The van der Waals surface area contributed by atoms with Crippen LogP contribution in [0.5, 0.6) is 5.88 Å². The fourth-order valence-corrected chi connectivity index (χ4v) is 4.16. The van der Waals surface area contributed by atoms with Crippen LogP contribution in [0.1, 0.15) is 61.1 Å². The molecule has 2 N–H and O–H groups in total. The third kappa shape index (κ3) is 6.06. The second-order valence-corrected chi connectivity index (χ2v) is 8.30. The Morgan fingerprint density at radius 1 is 1.10 bits per heavy atom. The average molecular weight is 425 g/mol. The van der Waals surface area contributed by atoms with E-state index in [0.717, 1.165) is 43.4 Å². The summed E-state index contributed by atoms with van der Waals surface area (Å²) in [7, 11) is 0. The van der Waals surface area contributed by atoms with E-state index in [-0.39, 0.29) is 12.0 Å². The number of aromatic nitrogens is 3. The molecule has 3 heterocycles. The van der Waals surface area contributed by atoms with Gasteiger partial charge in [0.2, 0.25) is 5.88 Å². The molecule has 0 unspecified atom stereocenters. The van der Waals surface area contributed by atoms with E-state index >= 15 is 0 Å². The van der Waals surface area contributed by atoms with Crippen LogP contribution in [0.25, 0.3) is 0 Å². The van der Waals surface area contributed by atoms with Crippen molar-refractivity contribution in [2.24, 2.45) is 0 Å². The Hall–Kier alpha value is -2.90. The lowest BCUT2D eigenvalue weighted by molar-refractivity contribution is 0.0954. The lowest BCUT2D eigenvalue weighted by atomic mass is 10.1. The van der Waals surface area contributed by atoms with Crippen LogP contribution in [-0.2, 0) is 0 Å². The first-order chi connectivity index (χ1) is 15.2. The molecule has 0 spiro atoms. The molecule has 2 aliphatic rings. The van der Waals surface area contributed by atoms with Gasteiger partial charge in [0.25, 0.3) is 5.91 Å². The van der Waals surface area contributed by atoms with Crippen LogP contribution in [0.4, 0.5) is 11.6 Å². The second-order valence-electron chi connectivity index (χ2n) is 8.30. The average Bonchev–Trinajstić information content (AvgIpc) is 3.30. The molecule has 1 saturated heterocycles. The molecule has 166 valence electrons. The number of carbonyl (C=O) groups is 1. The van der Waals surface area contributed by atoms with E-state index in [9.17, 15) is 4.79 Å². The molecule has 0 radical (unpaired) electrons. The van der Waals surface area contributed by atoms with E-state index in [0.29, 0.717) is 24.5 Å². The number of hydrogen-bond acceptors (Lipinski definition) is 7. The van der Waals surface area contributed by atoms with Crippen LogP contribution in [0.15, 0.2) is 24.4 Å². The van der Waals surface area contributed by atoms with Crippen molar-refractivity contribution < 1.29 is 9.53 Å². The number of ether oxygens (including phenoxy) is 1. The molecule has 2 fully saturated rings. The first-order valence-corrected chi connectivity index (χ1v) is 11.4. The fraction of sp³-hybridized carbons (Fsp3) is 0.565. The van der Waals surface area contributed by atoms with Crippen molar-refractivity contribution in [3.8, 4) is 5.88 Å². The number of carbonyl (C=O) groups excluding carboxylic acids is 1. The maximum absolute atomic E-state index is 12.4. The first kappa shape index (κ1) is 21.3. The van der Waals surface area contributed by atoms with Gasteiger partial charge < -0.3 is 20.3 Å². The fourth-order valence-electron chi connectivity index (χ4n) is 4.16. The van der Waals surface area contributed by atoms with E-state index in [1.165, 1.54) is 32.1 Å². The van der Waals surface area contributed by atoms with Gasteiger partial charge in [0.05, 0.1) is 5.56 Å². The monoisotopic (exact) mass is 424 g/mol. The highest BCUT2D eigenvalue weighted by Gasteiger charge is 2.17. The lowest BCUT2D eigenvalue weighted by Crippen LogP contribution is -2.31. The molecule has 0 atom stereocenters. The van der Waals surface area contributed by atoms with Gasteiger partial charge in [-0.1, -0.05) is 0 Å². The normalized spacial score (nSPS) is 16.9. The minimum absolute atomic E-state index is 0.144.